The molecule has 0 radical (unpaired) electrons. The molecule has 0 saturated carbocycles. The molecule has 0 spiro atoms. The van der Waals surface area contributed by atoms with Crippen molar-refractivity contribution < 1.29 is 9.53 Å². The molecule has 1 amide bonds. The van der Waals surface area contributed by atoms with Crippen molar-refractivity contribution in [3.05, 3.63) is 53.7 Å². The predicted octanol–water partition coefficient (Wildman–Crippen LogP) is 4.31. The lowest BCUT2D eigenvalue weighted by Crippen LogP contribution is -2.33. The number of pyridine rings is 1. The molecule has 2 heterocycles. The Morgan fingerprint density at radius 2 is 1.90 bits per heavy atom. The van der Waals surface area contributed by atoms with Crippen LogP contribution in [0.2, 0.25) is 0 Å². The number of aromatic nitrogens is 1. The summed E-state index contributed by atoms with van der Waals surface area (Å²) < 4.78 is 5.79. The van der Waals surface area contributed by atoms with E-state index in [-0.39, 0.29) is 17.9 Å². The molecule has 5 nitrogen and oxygen atoms in total. The minimum Gasteiger partial charge on any atom is -0.483 e. The molecule has 29 heavy (non-hydrogen) atoms. The molecule has 1 saturated heterocycles. The molecule has 0 atom stereocenters. The molecule has 5 heteroatoms. The second-order valence-electron chi connectivity index (χ2n) is 9.01. The van der Waals surface area contributed by atoms with Gasteiger partial charge in [0.25, 0.3) is 5.91 Å². The van der Waals surface area contributed by atoms with Gasteiger partial charge in [-0.05, 0) is 47.4 Å². The van der Waals surface area contributed by atoms with Gasteiger partial charge in [-0.2, -0.15) is 0 Å². The van der Waals surface area contributed by atoms with Crippen LogP contribution < -0.4 is 15.0 Å². The zero-order valence-corrected chi connectivity index (χ0v) is 18.1. The third kappa shape index (κ3) is 5.96. The summed E-state index contributed by atoms with van der Waals surface area (Å²) in [6, 6.07) is 12.0. The van der Waals surface area contributed by atoms with Gasteiger partial charge in [-0.3, -0.25) is 4.79 Å². The van der Waals surface area contributed by atoms with Gasteiger partial charge in [-0.1, -0.05) is 52.0 Å². The van der Waals surface area contributed by atoms with Crippen LogP contribution in [0.25, 0.3) is 0 Å². The lowest BCUT2D eigenvalue weighted by atomic mass is 9.86. The van der Waals surface area contributed by atoms with E-state index in [1.54, 1.807) is 0 Å². The van der Waals surface area contributed by atoms with Crippen LogP contribution in [0.3, 0.4) is 0 Å². The average molecular weight is 396 g/mol. The molecule has 1 aromatic heterocycles. The van der Waals surface area contributed by atoms with Gasteiger partial charge >= 0.3 is 0 Å². The van der Waals surface area contributed by atoms with E-state index in [1.165, 1.54) is 12.8 Å². The van der Waals surface area contributed by atoms with Crippen molar-refractivity contribution >= 4 is 11.7 Å². The maximum atomic E-state index is 12.2. The summed E-state index contributed by atoms with van der Waals surface area (Å²) in [4.78, 5) is 19.1. The molecule has 1 aromatic carbocycles. The SMILES string of the molecule is CC1CCN(c2ccc(CNC(=O)COc3ccccc3C(C)(C)C)cn2)CC1. The highest BCUT2D eigenvalue weighted by Gasteiger charge is 2.19. The molecule has 1 aliphatic heterocycles. The average Bonchev–Trinajstić information content (AvgIpc) is 2.71. The van der Waals surface area contributed by atoms with Gasteiger partial charge in [0.15, 0.2) is 6.61 Å². The molecular weight excluding hydrogens is 362 g/mol. The Labute approximate surface area is 174 Å². The number of carbonyl (C=O) groups is 1. The van der Waals surface area contributed by atoms with Gasteiger partial charge in [-0.25, -0.2) is 4.98 Å². The monoisotopic (exact) mass is 395 g/mol. The Morgan fingerprint density at radius 3 is 2.55 bits per heavy atom. The quantitative estimate of drug-likeness (QED) is 0.792. The minimum atomic E-state index is -0.136. The van der Waals surface area contributed by atoms with E-state index in [0.29, 0.717) is 6.54 Å². The summed E-state index contributed by atoms with van der Waals surface area (Å²) in [5.41, 5.74) is 2.05. The topological polar surface area (TPSA) is 54.5 Å². The number of piperidine rings is 1. The molecule has 2 aromatic rings. The highest BCUT2D eigenvalue weighted by atomic mass is 16.5. The van der Waals surface area contributed by atoms with Gasteiger partial charge in [-0.15, -0.1) is 0 Å². The first-order valence-electron chi connectivity index (χ1n) is 10.5. The molecule has 1 aliphatic rings. The zero-order chi connectivity index (χ0) is 20.9. The van der Waals surface area contributed by atoms with Gasteiger partial charge in [0.2, 0.25) is 0 Å². The number of rotatable bonds is 6. The molecule has 1 fully saturated rings. The van der Waals surface area contributed by atoms with Crippen LogP contribution in [0.15, 0.2) is 42.6 Å². The number of anilines is 1. The minimum absolute atomic E-state index is 0.00453. The summed E-state index contributed by atoms with van der Waals surface area (Å²) in [7, 11) is 0. The highest BCUT2D eigenvalue weighted by Crippen LogP contribution is 2.30. The Morgan fingerprint density at radius 1 is 1.17 bits per heavy atom. The van der Waals surface area contributed by atoms with Crippen LogP contribution in [0.4, 0.5) is 5.82 Å². The number of nitrogens with one attached hydrogen (secondary N) is 1. The maximum Gasteiger partial charge on any atom is 0.258 e. The van der Waals surface area contributed by atoms with Crippen molar-refractivity contribution in [3.63, 3.8) is 0 Å². The summed E-state index contributed by atoms with van der Waals surface area (Å²) in [5, 5.41) is 2.91. The van der Waals surface area contributed by atoms with Gasteiger partial charge < -0.3 is 15.0 Å². The predicted molar refractivity (Wildman–Crippen MR) is 117 cm³/mol. The number of hydrogen-bond donors (Lipinski definition) is 1. The number of ether oxygens (including phenoxy) is 1. The zero-order valence-electron chi connectivity index (χ0n) is 18.1. The number of amides is 1. The van der Waals surface area contributed by atoms with Crippen LogP contribution in [0.1, 0.15) is 51.7 Å². The summed E-state index contributed by atoms with van der Waals surface area (Å²) in [6.45, 7) is 11.3. The smallest absolute Gasteiger partial charge is 0.258 e. The van der Waals surface area contributed by atoms with Crippen LogP contribution in [-0.4, -0.2) is 30.6 Å². The van der Waals surface area contributed by atoms with Gasteiger partial charge in [0.05, 0.1) is 0 Å². The first-order chi connectivity index (χ1) is 13.8. The summed E-state index contributed by atoms with van der Waals surface area (Å²) in [5.74, 6) is 2.45. The van der Waals surface area contributed by atoms with Crippen LogP contribution >= 0.6 is 0 Å². The highest BCUT2D eigenvalue weighted by molar-refractivity contribution is 5.77. The van der Waals surface area contributed by atoms with Crippen LogP contribution in [0.5, 0.6) is 5.75 Å². The second kappa shape index (κ2) is 9.29. The van der Waals surface area contributed by atoms with Crippen molar-refractivity contribution in [3.8, 4) is 5.75 Å². The molecule has 1 N–H and O–H groups in total. The Kier molecular flexibility index (Phi) is 6.78. The number of para-hydroxylation sites is 1. The lowest BCUT2D eigenvalue weighted by Gasteiger charge is -2.31. The summed E-state index contributed by atoms with van der Waals surface area (Å²) >= 11 is 0. The van der Waals surface area contributed by atoms with Crippen molar-refractivity contribution in [1.29, 1.82) is 0 Å². The Balaban J connectivity index is 1.48. The Bertz CT molecular complexity index is 804. The van der Waals surface area contributed by atoms with Crippen molar-refractivity contribution in [1.82, 2.24) is 10.3 Å². The number of nitrogens with zero attached hydrogens (tertiary/aromatic N) is 2. The lowest BCUT2D eigenvalue weighted by molar-refractivity contribution is -0.123. The van der Waals surface area contributed by atoms with E-state index >= 15 is 0 Å². The van der Waals surface area contributed by atoms with E-state index in [1.807, 2.05) is 42.6 Å². The van der Waals surface area contributed by atoms with Crippen LogP contribution in [0, 0.1) is 5.92 Å². The molecule has 3 rings (SSSR count). The maximum absolute atomic E-state index is 12.2. The Hall–Kier alpha value is -2.56. The fourth-order valence-corrected chi connectivity index (χ4v) is 3.55. The van der Waals surface area contributed by atoms with E-state index in [2.05, 4.69) is 42.9 Å². The first kappa shape index (κ1) is 21.2. The third-order valence-corrected chi connectivity index (χ3v) is 5.46. The fourth-order valence-electron chi connectivity index (χ4n) is 3.55. The molecular formula is C24H33N3O2. The normalized spacial score (nSPS) is 15.2. The first-order valence-corrected chi connectivity index (χ1v) is 10.5. The van der Waals surface area contributed by atoms with E-state index in [9.17, 15) is 4.79 Å². The molecule has 0 aliphatic carbocycles. The van der Waals surface area contributed by atoms with E-state index < -0.39 is 0 Å². The number of hydrogen-bond acceptors (Lipinski definition) is 4. The number of carbonyl (C=O) groups excluding carboxylic acids is 1. The van der Waals surface area contributed by atoms with Crippen molar-refractivity contribution in [2.75, 3.05) is 24.6 Å². The summed E-state index contributed by atoms with van der Waals surface area (Å²) in [6.07, 6.45) is 4.29. The van der Waals surface area contributed by atoms with E-state index in [4.69, 9.17) is 4.74 Å². The molecule has 156 valence electrons. The largest absolute Gasteiger partial charge is 0.483 e. The third-order valence-electron chi connectivity index (χ3n) is 5.46. The standard InChI is InChI=1S/C24H33N3O2/c1-18-11-13-27(14-12-18)22-10-9-19(15-25-22)16-26-23(28)17-29-21-8-6-5-7-20(21)24(2,3)4/h5-10,15,18H,11-14,16-17H2,1-4H3,(H,26,28). The van der Waals surface area contributed by atoms with Gasteiger partial charge in [0.1, 0.15) is 11.6 Å². The van der Waals surface area contributed by atoms with Crippen molar-refractivity contribution in [2.45, 2.75) is 52.5 Å². The second-order valence-corrected chi connectivity index (χ2v) is 9.01. The number of benzene rings is 1. The van der Waals surface area contributed by atoms with Gasteiger partial charge in [0, 0.05) is 25.8 Å². The van der Waals surface area contributed by atoms with Crippen molar-refractivity contribution in [2.24, 2.45) is 5.92 Å². The van der Waals surface area contributed by atoms with Crippen LogP contribution in [-0.2, 0) is 16.8 Å². The fraction of sp³-hybridized carbons (Fsp3) is 0.500. The molecule has 0 unspecified atom stereocenters. The van der Waals surface area contributed by atoms with E-state index in [0.717, 1.165) is 41.7 Å². The molecule has 0 bridgehead atoms.